The molecule has 0 bridgehead atoms. The predicted octanol–water partition coefficient (Wildman–Crippen LogP) is 3.97. The first kappa shape index (κ1) is 14.7. The summed E-state index contributed by atoms with van der Waals surface area (Å²) in [6.07, 6.45) is 5.08. The fraction of sp³-hybridized carbons (Fsp3) is 0.600. The molecule has 0 aliphatic heterocycles. The molecule has 0 aromatic heterocycles. The van der Waals surface area contributed by atoms with Crippen LogP contribution in [0.1, 0.15) is 45.1 Å². The van der Waals surface area contributed by atoms with Crippen molar-refractivity contribution in [1.29, 1.82) is 0 Å². The number of hydrogen-bond acceptors (Lipinski definition) is 3. The molecule has 2 N–H and O–H groups in total. The molecular formula is C15H22BrNO2. The summed E-state index contributed by atoms with van der Waals surface area (Å²) in [7, 11) is 1.66. The van der Waals surface area contributed by atoms with Gasteiger partial charge in [-0.15, -0.1) is 0 Å². The Kier molecular flexibility index (Phi) is 4.41. The summed E-state index contributed by atoms with van der Waals surface area (Å²) < 4.78 is 12.5. The molecule has 1 aromatic carbocycles. The molecule has 0 heterocycles. The van der Waals surface area contributed by atoms with Crippen LogP contribution in [0, 0.1) is 0 Å². The molecule has 1 saturated carbocycles. The van der Waals surface area contributed by atoms with Gasteiger partial charge in [-0.25, -0.2) is 0 Å². The first-order valence-corrected chi connectivity index (χ1v) is 7.54. The van der Waals surface area contributed by atoms with Gasteiger partial charge in [0.25, 0.3) is 0 Å². The lowest BCUT2D eigenvalue weighted by Gasteiger charge is -2.24. The van der Waals surface area contributed by atoms with Crippen LogP contribution in [0.15, 0.2) is 16.6 Å². The van der Waals surface area contributed by atoms with Crippen molar-refractivity contribution in [3.63, 3.8) is 0 Å². The average molecular weight is 328 g/mol. The Morgan fingerprint density at radius 3 is 2.37 bits per heavy atom. The zero-order chi connectivity index (χ0) is 14.0. The summed E-state index contributed by atoms with van der Waals surface area (Å²) in [5.74, 6) is 1.55. The van der Waals surface area contributed by atoms with E-state index in [2.05, 4.69) is 15.9 Å². The van der Waals surface area contributed by atoms with Crippen LogP contribution in [-0.4, -0.2) is 13.2 Å². The van der Waals surface area contributed by atoms with Crippen LogP contribution in [0.5, 0.6) is 11.5 Å². The van der Waals surface area contributed by atoms with Crippen LogP contribution in [0.3, 0.4) is 0 Å². The Hall–Kier alpha value is -0.740. The minimum absolute atomic E-state index is 0.317. The minimum atomic E-state index is -0.419. The third-order valence-electron chi connectivity index (χ3n) is 3.54. The Morgan fingerprint density at radius 1 is 1.21 bits per heavy atom. The molecule has 19 heavy (non-hydrogen) atoms. The molecule has 3 nitrogen and oxygen atoms in total. The van der Waals surface area contributed by atoms with Crippen LogP contribution >= 0.6 is 15.9 Å². The highest BCUT2D eigenvalue weighted by atomic mass is 79.9. The predicted molar refractivity (Wildman–Crippen MR) is 80.8 cm³/mol. The van der Waals surface area contributed by atoms with Gasteiger partial charge in [0, 0.05) is 10.0 Å². The van der Waals surface area contributed by atoms with Crippen LogP contribution in [0.2, 0.25) is 0 Å². The fourth-order valence-electron chi connectivity index (χ4n) is 2.47. The highest BCUT2D eigenvalue weighted by Gasteiger charge is 2.23. The lowest BCUT2D eigenvalue weighted by atomic mass is 9.95. The van der Waals surface area contributed by atoms with Gasteiger partial charge in [-0.1, -0.05) is 15.9 Å². The van der Waals surface area contributed by atoms with Crippen LogP contribution in [0.25, 0.3) is 0 Å². The maximum Gasteiger partial charge on any atom is 0.162 e. The smallest absolute Gasteiger partial charge is 0.162 e. The second-order valence-corrected chi connectivity index (χ2v) is 6.58. The zero-order valence-corrected chi connectivity index (χ0v) is 13.4. The quantitative estimate of drug-likeness (QED) is 0.909. The van der Waals surface area contributed by atoms with Gasteiger partial charge < -0.3 is 15.2 Å². The van der Waals surface area contributed by atoms with Crippen molar-refractivity contribution in [2.45, 2.75) is 51.2 Å². The second kappa shape index (κ2) is 5.71. The molecule has 0 amide bonds. The molecule has 2 rings (SSSR count). The lowest BCUT2D eigenvalue weighted by Crippen LogP contribution is -2.29. The van der Waals surface area contributed by atoms with Crippen molar-refractivity contribution < 1.29 is 9.47 Å². The van der Waals surface area contributed by atoms with E-state index in [1.54, 1.807) is 7.11 Å². The Morgan fingerprint density at radius 2 is 1.84 bits per heavy atom. The Labute approximate surface area is 123 Å². The van der Waals surface area contributed by atoms with E-state index in [4.69, 9.17) is 15.2 Å². The molecular weight excluding hydrogens is 306 g/mol. The highest BCUT2D eigenvalue weighted by molar-refractivity contribution is 9.10. The summed E-state index contributed by atoms with van der Waals surface area (Å²) in [4.78, 5) is 0. The molecule has 0 unspecified atom stereocenters. The molecule has 0 saturated heterocycles. The first-order valence-electron chi connectivity index (χ1n) is 6.75. The van der Waals surface area contributed by atoms with Crippen molar-refractivity contribution in [2.75, 3.05) is 7.11 Å². The van der Waals surface area contributed by atoms with E-state index in [1.165, 1.54) is 12.8 Å². The normalized spacial score (nSPS) is 16.7. The van der Waals surface area contributed by atoms with Crippen molar-refractivity contribution in [3.05, 3.63) is 22.2 Å². The zero-order valence-electron chi connectivity index (χ0n) is 11.8. The summed E-state index contributed by atoms with van der Waals surface area (Å²) in [6.45, 7) is 3.95. The molecule has 1 aromatic rings. The van der Waals surface area contributed by atoms with Gasteiger partial charge in [-0.3, -0.25) is 0 Å². The van der Waals surface area contributed by atoms with Gasteiger partial charge in [-0.2, -0.15) is 0 Å². The number of nitrogens with two attached hydrogens (primary N) is 1. The van der Waals surface area contributed by atoms with E-state index in [1.807, 2.05) is 26.0 Å². The lowest BCUT2D eigenvalue weighted by molar-refractivity contribution is 0.200. The first-order chi connectivity index (χ1) is 8.91. The van der Waals surface area contributed by atoms with Gasteiger partial charge >= 0.3 is 0 Å². The molecule has 106 valence electrons. The van der Waals surface area contributed by atoms with Gasteiger partial charge in [0.1, 0.15) is 0 Å². The molecule has 1 fully saturated rings. The fourth-order valence-corrected chi connectivity index (χ4v) is 3.30. The highest BCUT2D eigenvalue weighted by Crippen LogP contribution is 2.39. The monoisotopic (exact) mass is 327 g/mol. The third-order valence-corrected chi connectivity index (χ3v) is 4.20. The Bertz CT molecular complexity index is 448. The number of methoxy groups -OCH3 is 1. The molecule has 0 spiro atoms. The van der Waals surface area contributed by atoms with E-state index in [9.17, 15) is 0 Å². The topological polar surface area (TPSA) is 44.5 Å². The standard InChI is InChI=1S/C15H22BrNO2/c1-15(2,17)11-8-13(18-3)14(9-12(11)16)19-10-6-4-5-7-10/h8-10H,4-7,17H2,1-3H3. The van der Waals surface area contributed by atoms with E-state index in [0.29, 0.717) is 6.10 Å². The molecule has 1 aliphatic rings. The van der Waals surface area contributed by atoms with Gasteiger partial charge in [0.2, 0.25) is 0 Å². The molecule has 0 atom stereocenters. The van der Waals surface area contributed by atoms with Gasteiger partial charge in [-0.05, 0) is 57.2 Å². The third kappa shape index (κ3) is 3.42. The van der Waals surface area contributed by atoms with Crippen molar-refractivity contribution in [3.8, 4) is 11.5 Å². The summed E-state index contributed by atoms with van der Waals surface area (Å²) >= 11 is 3.58. The molecule has 0 radical (unpaired) electrons. The second-order valence-electron chi connectivity index (χ2n) is 5.73. The maximum atomic E-state index is 6.17. The number of benzene rings is 1. The van der Waals surface area contributed by atoms with Gasteiger partial charge in [0.15, 0.2) is 11.5 Å². The van der Waals surface area contributed by atoms with Crippen molar-refractivity contribution >= 4 is 15.9 Å². The van der Waals surface area contributed by atoms with E-state index in [0.717, 1.165) is 34.4 Å². The summed E-state index contributed by atoms with van der Waals surface area (Å²) in [6, 6.07) is 3.94. The van der Waals surface area contributed by atoms with Crippen LogP contribution in [0.4, 0.5) is 0 Å². The van der Waals surface area contributed by atoms with Gasteiger partial charge in [0.05, 0.1) is 13.2 Å². The maximum absolute atomic E-state index is 6.17. The van der Waals surface area contributed by atoms with Crippen molar-refractivity contribution in [2.24, 2.45) is 5.73 Å². The van der Waals surface area contributed by atoms with Crippen LogP contribution < -0.4 is 15.2 Å². The number of hydrogen-bond donors (Lipinski definition) is 1. The van der Waals surface area contributed by atoms with E-state index in [-0.39, 0.29) is 0 Å². The minimum Gasteiger partial charge on any atom is -0.493 e. The largest absolute Gasteiger partial charge is 0.493 e. The van der Waals surface area contributed by atoms with E-state index < -0.39 is 5.54 Å². The van der Waals surface area contributed by atoms with E-state index >= 15 is 0 Å². The van der Waals surface area contributed by atoms with Crippen LogP contribution in [-0.2, 0) is 5.54 Å². The number of rotatable bonds is 4. The molecule has 1 aliphatic carbocycles. The average Bonchev–Trinajstić information content (AvgIpc) is 2.80. The Balaban J connectivity index is 2.31. The number of ether oxygens (including phenoxy) is 2. The number of halogens is 1. The van der Waals surface area contributed by atoms with Crippen molar-refractivity contribution in [1.82, 2.24) is 0 Å². The summed E-state index contributed by atoms with van der Waals surface area (Å²) in [5.41, 5.74) is 6.77. The molecule has 4 heteroatoms. The summed E-state index contributed by atoms with van der Waals surface area (Å²) in [5, 5.41) is 0. The SMILES string of the molecule is COc1cc(C(C)(C)N)c(Br)cc1OC1CCCC1.